The van der Waals surface area contributed by atoms with Gasteiger partial charge in [-0.05, 0) is 12.1 Å². The Labute approximate surface area is 131 Å². The maximum Gasteiger partial charge on any atom is 0.228 e. The highest BCUT2D eigenvalue weighted by atomic mass is 16.2. The summed E-state index contributed by atoms with van der Waals surface area (Å²) in [5, 5.41) is 1.07. The first-order valence-corrected chi connectivity index (χ1v) is 7.71. The van der Waals surface area contributed by atoms with Crippen LogP contribution >= 0.6 is 0 Å². The third kappa shape index (κ3) is 2.75. The SMILES string of the molecule is CC(C)(C)C(=O)N1CCN(c2ncnc3ccccc23)CC1. The van der Waals surface area contributed by atoms with Crippen molar-refractivity contribution in [1.82, 2.24) is 14.9 Å². The predicted molar refractivity (Wildman–Crippen MR) is 87.8 cm³/mol. The van der Waals surface area contributed by atoms with Gasteiger partial charge in [0.15, 0.2) is 0 Å². The van der Waals surface area contributed by atoms with Crippen LogP contribution in [0.1, 0.15) is 20.8 Å². The van der Waals surface area contributed by atoms with E-state index in [9.17, 15) is 4.79 Å². The summed E-state index contributed by atoms with van der Waals surface area (Å²) < 4.78 is 0. The Hall–Kier alpha value is -2.17. The second kappa shape index (κ2) is 5.55. The Morgan fingerprint density at radius 3 is 2.41 bits per heavy atom. The number of fused-ring (bicyclic) bond motifs is 1. The largest absolute Gasteiger partial charge is 0.352 e. The van der Waals surface area contributed by atoms with Crippen molar-refractivity contribution in [2.24, 2.45) is 5.41 Å². The van der Waals surface area contributed by atoms with Crippen molar-refractivity contribution in [3.8, 4) is 0 Å². The predicted octanol–water partition coefficient (Wildman–Crippen LogP) is 2.32. The molecule has 0 unspecified atom stereocenters. The lowest BCUT2D eigenvalue weighted by atomic mass is 9.94. The molecule has 0 saturated carbocycles. The maximum absolute atomic E-state index is 12.4. The second-order valence-electron chi connectivity index (χ2n) is 6.74. The topological polar surface area (TPSA) is 49.3 Å². The summed E-state index contributed by atoms with van der Waals surface area (Å²) >= 11 is 0. The molecule has 22 heavy (non-hydrogen) atoms. The summed E-state index contributed by atoms with van der Waals surface area (Å²) in [4.78, 5) is 25.3. The normalized spacial score (nSPS) is 16.1. The number of nitrogens with zero attached hydrogens (tertiary/aromatic N) is 4. The molecule has 1 aromatic heterocycles. The van der Waals surface area contributed by atoms with Crippen LogP contribution in [-0.2, 0) is 4.79 Å². The number of aromatic nitrogens is 2. The quantitative estimate of drug-likeness (QED) is 0.811. The smallest absolute Gasteiger partial charge is 0.228 e. The van der Waals surface area contributed by atoms with Gasteiger partial charge in [-0.2, -0.15) is 0 Å². The van der Waals surface area contributed by atoms with E-state index in [0.29, 0.717) is 0 Å². The van der Waals surface area contributed by atoms with Crippen LogP contribution in [-0.4, -0.2) is 47.0 Å². The Kier molecular flexibility index (Phi) is 3.72. The number of hydrogen-bond donors (Lipinski definition) is 0. The van der Waals surface area contributed by atoms with Crippen molar-refractivity contribution in [1.29, 1.82) is 0 Å². The molecular weight excluding hydrogens is 276 g/mol. The van der Waals surface area contributed by atoms with Crippen molar-refractivity contribution in [3.05, 3.63) is 30.6 Å². The molecule has 1 aliphatic rings. The van der Waals surface area contributed by atoms with E-state index in [1.54, 1.807) is 6.33 Å². The molecule has 0 N–H and O–H groups in total. The van der Waals surface area contributed by atoms with Gasteiger partial charge in [-0.1, -0.05) is 32.9 Å². The zero-order chi connectivity index (χ0) is 15.7. The molecule has 1 aliphatic heterocycles. The Morgan fingerprint density at radius 1 is 1.05 bits per heavy atom. The molecule has 5 nitrogen and oxygen atoms in total. The molecule has 0 spiro atoms. The molecule has 3 rings (SSSR count). The average Bonchev–Trinajstić information content (AvgIpc) is 2.53. The molecule has 0 atom stereocenters. The zero-order valence-electron chi connectivity index (χ0n) is 13.4. The van der Waals surface area contributed by atoms with Crippen LogP contribution in [0.25, 0.3) is 10.9 Å². The Balaban J connectivity index is 1.78. The standard InChI is InChI=1S/C17H22N4O/c1-17(2,3)16(22)21-10-8-20(9-11-21)15-13-6-4-5-7-14(13)18-12-19-15/h4-7,12H,8-11H2,1-3H3. The number of para-hydroxylation sites is 1. The lowest BCUT2D eigenvalue weighted by Crippen LogP contribution is -2.51. The van der Waals surface area contributed by atoms with Crippen LogP contribution < -0.4 is 4.90 Å². The fraction of sp³-hybridized carbons (Fsp3) is 0.471. The zero-order valence-corrected chi connectivity index (χ0v) is 13.4. The molecule has 1 amide bonds. The van der Waals surface area contributed by atoms with Gasteiger partial charge in [0.1, 0.15) is 12.1 Å². The van der Waals surface area contributed by atoms with Gasteiger partial charge in [0.25, 0.3) is 0 Å². The number of piperazine rings is 1. The summed E-state index contributed by atoms with van der Waals surface area (Å²) in [5.74, 6) is 1.19. The second-order valence-corrected chi connectivity index (χ2v) is 6.74. The molecule has 0 aliphatic carbocycles. The molecule has 116 valence electrons. The van der Waals surface area contributed by atoms with Crippen LogP contribution in [0.15, 0.2) is 30.6 Å². The first-order chi connectivity index (χ1) is 10.5. The summed E-state index contributed by atoms with van der Waals surface area (Å²) in [7, 11) is 0. The van der Waals surface area contributed by atoms with Crippen molar-refractivity contribution >= 4 is 22.6 Å². The highest BCUT2D eigenvalue weighted by molar-refractivity contribution is 5.89. The maximum atomic E-state index is 12.4. The van der Waals surface area contributed by atoms with E-state index in [2.05, 4.69) is 20.9 Å². The fourth-order valence-corrected chi connectivity index (χ4v) is 2.84. The summed E-state index contributed by atoms with van der Waals surface area (Å²) in [6.45, 7) is 9.02. The minimum absolute atomic E-state index is 0.222. The lowest BCUT2D eigenvalue weighted by molar-refractivity contribution is -0.139. The van der Waals surface area contributed by atoms with Gasteiger partial charge >= 0.3 is 0 Å². The summed E-state index contributed by atoms with van der Waals surface area (Å²) in [6.07, 6.45) is 1.62. The van der Waals surface area contributed by atoms with Gasteiger partial charge in [0.05, 0.1) is 5.52 Å². The average molecular weight is 298 g/mol. The number of carbonyl (C=O) groups is 1. The van der Waals surface area contributed by atoms with E-state index in [4.69, 9.17) is 0 Å². The highest BCUT2D eigenvalue weighted by Gasteiger charge is 2.30. The third-order valence-electron chi connectivity index (χ3n) is 4.03. The van der Waals surface area contributed by atoms with Crippen molar-refractivity contribution in [2.45, 2.75) is 20.8 Å². The van der Waals surface area contributed by atoms with Crippen molar-refractivity contribution in [3.63, 3.8) is 0 Å². The van der Waals surface area contributed by atoms with Crippen LogP contribution in [0.5, 0.6) is 0 Å². The van der Waals surface area contributed by atoms with Crippen molar-refractivity contribution in [2.75, 3.05) is 31.1 Å². The molecule has 5 heteroatoms. The molecule has 2 heterocycles. The van der Waals surface area contributed by atoms with Crippen molar-refractivity contribution < 1.29 is 4.79 Å². The summed E-state index contributed by atoms with van der Waals surface area (Å²) in [6, 6.07) is 8.05. The van der Waals surface area contributed by atoms with E-state index >= 15 is 0 Å². The Bertz CT molecular complexity index is 679. The number of amides is 1. The number of hydrogen-bond acceptors (Lipinski definition) is 4. The molecular formula is C17H22N4O. The third-order valence-corrected chi connectivity index (χ3v) is 4.03. The van der Waals surface area contributed by atoms with Crippen LogP contribution in [0.4, 0.5) is 5.82 Å². The molecule has 1 saturated heterocycles. The minimum atomic E-state index is -0.316. The molecule has 1 fully saturated rings. The first kappa shape index (κ1) is 14.8. The molecule has 0 bridgehead atoms. The molecule has 1 aromatic carbocycles. The number of rotatable bonds is 1. The van der Waals surface area contributed by atoms with E-state index in [1.165, 1.54) is 0 Å². The lowest BCUT2D eigenvalue weighted by Gasteiger charge is -2.38. The van der Waals surface area contributed by atoms with Crippen LogP contribution in [0.2, 0.25) is 0 Å². The Morgan fingerprint density at radius 2 is 1.73 bits per heavy atom. The van der Waals surface area contributed by atoms with Crippen LogP contribution in [0, 0.1) is 5.41 Å². The van der Waals surface area contributed by atoms with E-state index < -0.39 is 0 Å². The van der Waals surface area contributed by atoms with Gasteiger partial charge in [0.2, 0.25) is 5.91 Å². The highest BCUT2D eigenvalue weighted by Crippen LogP contribution is 2.25. The van der Waals surface area contributed by atoms with Gasteiger partial charge in [-0.15, -0.1) is 0 Å². The van der Waals surface area contributed by atoms with Gasteiger partial charge in [-0.25, -0.2) is 9.97 Å². The molecule has 2 aromatic rings. The van der Waals surface area contributed by atoms with E-state index in [-0.39, 0.29) is 11.3 Å². The van der Waals surface area contributed by atoms with Gasteiger partial charge in [-0.3, -0.25) is 4.79 Å². The first-order valence-electron chi connectivity index (χ1n) is 7.71. The van der Waals surface area contributed by atoms with Gasteiger partial charge in [0, 0.05) is 37.0 Å². The summed E-state index contributed by atoms with van der Waals surface area (Å²) in [5.41, 5.74) is 0.643. The number of carbonyl (C=O) groups excluding carboxylic acids is 1. The fourth-order valence-electron chi connectivity index (χ4n) is 2.84. The number of benzene rings is 1. The van der Waals surface area contributed by atoms with E-state index in [0.717, 1.165) is 42.9 Å². The number of anilines is 1. The van der Waals surface area contributed by atoms with E-state index in [1.807, 2.05) is 43.9 Å². The monoisotopic (exact) mass is 298 g/mol. The van der Waals surface area contributed by atoms with Crippen LogP contribution in [0.3, 0.4) is 0 Å². The van der Waals surface area contributed by atoms with Gasteiger partial charge < -0.3 is 9.80 Å². The minimum Gasteiger partial charge on any atom is -0.352 e. The molecule has 0 radical (unpaired) electrons.